The number of nitrogens with zero attached hydrogens (tertiary/aromatic N) is 1. The van der Waals surface area contributed by atoms with Crippen molar-refractivity contribution in [3.05, 3.63) is 0 Å². The van der Waals surface area contributed by atoms with Gasteiger partial charge in [0.05, 0.1) is 6.61 Å². The van der Waals surface area contributed by atoms with Gasteiger partial charge in [-0.25, -0.2) is 0 Å². The second-order valence-electron chi connectivity index (χ2n) is 2.21. The first-order valence-electron chi connectivity index (χ1n) is 3.94. The van der Waals surface area contributed by atoms with Crippen molar-refractivity contribution in [1.82, 2.24) is 9.03 Å². The molecule has 0 fully saturated rings. The molecular weight excluding hydrogens is 180 g/mol. The average molecular weight is 196 g/mol. The first kappa shape index (κ1) is 11.8. The Morgan fingerprint density at radius 1 is 1.33 bits per heavy atom. The Morgan fingerprint density at radius 3 is 2.17 bits per heavy atom. The van der Waals surface area contributed by atoms with Crippen molar-refractivity contribution >= 4 is 10.2 Å². The molecule has 74 valence electrons. The zero-order valence-electron chi connectivity index (χ0n) is 7.45. The van der Waals surface area contributed by atoms with E-state index in [-0.39, 0.29) is 13.2 Å². The first-order chi connectivity index (χ1) is 5.58. The van der Waals surface area contributed by atoms with Gasteiger partial charge < -0.3 is 5.11 Å². The van der Waals surface area contributed by atoms with Crippen molar-refractivity contribution < 1.29 is 13.5 Å². The second-order valence-corrected chi connectivity index (χ2v) is 3.96. The SMILES string of the molecule is CCN(CC)S(=O)(=O)NCCO. The molecule has 0 amide bonds. The summed E-state index contributed by atoms with van der Waals surface area (Å²) in [5.41, 5.74) is 0. The molecule has 12 heavy (non-hydrogen) atoms. The predicted molar refractivity (Wildman–Crippen MR) is 46.9 cm³/mol. The van der Waals surface area contributed by atoms with E-state index in [1.165, 1.54) is 4.31 Å². The normalized spacial score (nSPS) is 12.3. The van der Waals surface area contributed by atoms with Crippen LogP contribution < -0.4 is 4.72 Å². The summed E-state index contributed by atoms with van der Waals surface area (Å²) in [6.07, 6.45) is 0. The van der Waals surface area contributed by atoms with Crippen LogP contribution >= 0.6 is 0 Å². The number of hydrogen-bond donors (Lipinski definition) is 2. The maximum atomic E-state index is 11.3. The van der Waals surface area contributed by atoms with E-state index in [9.17, 15) is 8.42 Å². The molecule has 0 bridgehead atoms. The Balaban J connectivity index is 4.17. The van der Waals surface area contributed by atoms with Crippen LogP contribution in [0.4, 0.5) is 0 Å². The summed E-state index contributed by atoms with van der Waals surface area (Å²) in [6, 6.07) is 0. The van der Waals surface area contributed by atoms with Crippen LogP contribution in [0.25, 0.3) is 0 Å². The highest BCUT2D eigenvalue weighted by Gasteiger charge is 2.16. The standard InChI is InChI=1S/C6H16N2O3S/c1-3-8(4-2)12(10,11)7-5-6-9/h7,9H,3-6H2,1-2H3. The van der Waals surface area contributed by atoms with E-state index in [0.717, 1.165) is 0 Å². The zero-order valence-corrected chi connectivity index (χ0v) is 8.26. The van der Waals surface area contributed by atoms with Crippen molar-refractivity contribution in [2.45, 2.75) is 13.8 Å². The number of nitrogens with one attached hydrogen (secondary N) is 1. The summed E-state index contributed by atoms with van der Waals surface area (Å²) in [4.78, 5) is 0. The van der Waals surface area contributed by atoms with Gasteiger partial charge in [0.25, 0.3) is 10.2 Å². The molecule has 0 aliphatic carbocycles. The molecule has 6 heteroatoms. The molecule has 0 aliphatic heterocycles. The molecule has 0 aliphatic rings. The van der Waals surface area contributed by atoms with Crippen LogP contribution in [0.5, 0.6) is 0 Å². The average Bonchev–Trinajstić information content (AvgIpc) is 2.03. The summed E-state index contributed by atoms with van der Waals surface area (Å²) >= 11 is 0. The lowest BCUT2D eigenvalue weighted by Gasteiger charge is -2.18. The van der Waals surface area contributed by atoms with Gasteiger partial charge in [0.1, 0.15) is 0 Å². The largest absolute Gasteiger partial charge is 0.395 e. The van der Waals surface area contributed by atoms with Crippen molar-refractivity contribution in [2.24, 2.45) is 0 Å². The van der Waals surface area contributed by atoms with E-state index in [4.69, 9.17) is 5.11 Å². The lowest BCUT2D eigenvalue weighted by Crippen LogP contribution is -2.41. The monoisotopic (exact) mass is 196 g/mol. The van der Waals surface area contributed by atoms with E-state index in [2.05, 4.69) is 4.72 Å². The van der Waals surface area contributed by atoms with Crippen molar-refractivity contribution in [1.29, 1.82) is 0 Å². The van der Waals surface area contributed by atoms with Gasteiger partial charge in [-0.2, -0.15) is 17.4 Å². The van der Waals surface area contributed by atoms with Gasteiger partial charge in [-0.15, -0.1) is 0 Å². The molecule has 0 spiro atoms. The van der Waals surface area contributed by atoms with Crippen LogP contribution in [0, 0.1) is 0 Å². The Hall–Kier alpha value is -0.170. The van der Waals surface area contributed by atoms with Crippen molar-refractivity contribution in [3.8, 4) is 0 Å². The van der Waals surface area contributed by atoms with Crippen LogP contribution in [-0.2, 0) is 10.2 Å². The highest BCUT2D eigenvalue weighted by atomic mass is 32.2. The van der Waals surface area contributed by atoms with Crippen molar-refractivity contribution in [2.75, 3.05) is 26.2 Å². The van der Waals surface area contributed by atoms with Gasteiger partial charge >= 0.3 is 0 Å². The molecule has 5 nitrogen and oxygen atoms in total. The van der Waals surface area contributed by atoms with Crippen LogP contribution in [0.15, 0.2) is 0 Å². The van der Waals surface area contributed by atoms with E-state index in [0.29, 0.717) is 13.1 Å². The van der Waals surface area contributed by atoms with E-state index in [1.54, 1.807) is 13.8 Å². The quantitative estimate of drug-likeness (QED) is 0.581. The number of aliphatic hydroxyl groups is 1. The van der Waals surface area contributed by atoms with Crippen LogP contribution in [-0.4, -0.2) is 44.1 Å². The summed E-state index contributed by atoms with van der Waals surface area (Å²) in [5, 5.41) is 8.41. The Morgan fingerprint density at radius 2 is 1.83 bits per heavy atom. The molecule has 0 unspecified atom stereocenters. The lowest BCUT2D eigenvalue weighted by molar-refractivity contribution is 0.298. The molecule has 0 radical (unpaired) electrons. The van der Waals surface area contributed by atoms with Gasteiger partial charge in [0, 0.05) is 19.6 Å². The second kappa shape index (κ2) is 5.47. The van der Waals surface area contributed by atoms with Crippen molar-refractivity contribution in [3.63, 3.8) is 0 Å². The molecular formula is C6H16N2O3S. The third-order valence-corrected chi connectivity index (χ3v) is 3.21. The molecule has 0 saturated heterocycles. The zero-order chi connectivity index (χ0) is 9.61. The molecule has 0 saturated carbocycles. The Labute approximate surface area is 73.6 Å². The fraction of sp³-hybridized carbons (Fsp3) is 1.00. The van der Waals surface area contributed by atoms with Crippen LogP contribution in [0.3, 0.4) is 0 Å². The molecule has 2 N–H and O–H groups in total. The third kappa shape index (κ3) is 3.48. The highest BCUT2D eigenvalue weighted by Crippen LogP contribution is 1.95. The maximum absolute atomic E-state index is 11.3. The number of hydrogen-bond acceptors (Lipinski definition) is 3. The van der Waals surface area contributed by atoms with Gasteiger partial charge in [0.2, 0.25) is 0 Å². The van der Waals surface area contributed by atoms with Gasteiger partial charge in [-0.05, 0) is 0 Å². The minimum Gasteiger partial charge on any atom is -0.395 e. The minimum atomic E-state index is -3.36. The Kier molecular flexibility index (Phi) is 5.39. The van der Waals surface area contributed by atoms with Crippen LogP contribution in [0.1, 0.15) is 13.8 Å². The number of rotatable bonds is 6. The molecule has 0 aromatic heterocycles. The summed E-state index contributed by atoms with van der Waals surface area (Å²) in [6.45, 7) is 4.30. The molecule has 0 heterocycles. The van der Waals surface area contributed by atoms with Gasteiger partial charge in [0.15, 0.2) is 0 Å². The minimum absolute atomic E-state index is 0.0683. The first-order valence-corrected chi connectivity index (χ1v) is 5.38. The molecule has 0 aromatic rings. The topological polar surface area (TPSA) is 69.6 Å². The fourth-order valence-corrected chi connectivity index (χ4v) is 2.04. The summed E-state index contributed by atoms with van der Waals surface area (Å²) in [5.74, 6) is 0. The highest BCUT2D eigenvalue weighted by molar-refractivity contribution is 7.87. The van der Waals surface area contributed by atoms with Gasteiger partial charge in [-0.1, -0.05) is 13.8 Å². The molecule has 0 rings (SSSR count). The number of aliphatic hydroxyl groups excluding tert-OH is 1. The lowest BCUT2D eigenvalue weighted by atomic mass is 10.7. The molecule has 0 aromatic carbocycles. The van der Waals surface area contributed by atoms with Gasteiger partial charge in [-0.3, -0.25) is 0 Å². The Bertz CT molecular complexity index is 199. The summed E-state index contributed by atoms with van der Waals surface area (Å²) < 4.78 is 26.1. The summed E-state index contributed by atoms with van der Waals surface area (Å²) in [7, 11) is -3.36. The fourth-order valence-electron chi connectivity index (χ4n) is 0.829. The maximum Gasteiger partial charge on any atom is 0.279 e. The predicted octanol–water partition coefficient (Wildman–Crippen LogP) is -0.845. The smallest absolute Gasteiger partial charge is 0.279 e. The van der Waals surface area contributed by atoms with E-state index >= 15 is 0 Å². The molecule has 0 atom stereocenters. The van der Waals surface area contributed by atoms with E-state index < -0.39 is 10.2 Å². The van der Waals surface area contributed by atoms with E-state index in [1.807, 2.05) is 0 Å². The third-order valence-electron chi connectivity index (χ3n) is 1.44. The van der Waals surface area contributed by atoms with Crippen LogP contribution in [0.2, 0.25) is 0 Å².